The highest BCUT2D eigenvalue weighted by atomic mass is 127. The molecular weight excluding hydrogens is 305 g/mol. The van der Waals surface area contributed by atoms with Crippen LogP contribution in [0, 0.1) is 3.83 Å². The molecule has 0 saturated heterocycles. The van der Waals surface area contributed by atoms with E-state index in [-0.39, 0.29) is 0 Å². The standard InChI is InChI=1S/C10H8IN3O/c11-10-13-6-5-9(14-10)15-8-3-1-7(12)2-4-8/h1-6H,12H2. The van der Waals surface area contributed by atoms with Gasteiger partial charge in [-0.1, -0.05) is 0 Å². The fraction of sp³-hybridized carbons (Fsp3) is 0. The van der Waals surface area contributed by atoms with E-state index in [2.05, 4.69) is 9.97 Å². The van der Waals surface area contributed by atoms with Gasteiger partial charge >= 0.3 is 0 Å². The number of hydrogen-bond acceptors (Lipinski definition) is 4. The molecule has 0 amide bonds. The van der Waals surface area contributed by atoms with Crippen LogP contribution in [-0.4, -0.2) is 9.97 Å². The maximum absolute atomic E-state index is 5.56. The monoisotopic (exact) mass is 313 g/mol. The summed E-state index contributed by atoms with van der Waals surface area (Å²) in [5.74, 6) is 1.23. The maximum Gasteiger partial charge on any atom is 0.223 e. The molecular formula is C10H8IN3O. The van der Waals surface area contributed by atoms with Gasteiger partial charge in [0.1, 0.15) is 5.75 Å². The second-order valence-corrected chi connectivity index (χ2v) is 3.80. The van der Waals surface area contributed by atoms with E-state index < -0.39 is 0 Å². The summed E-state index contributed by atoms with van der Waals surface area (Å²) in [4.78, 5) is 8.08. The van der Waals surface area contributed by atoms with Crippen LogP contribution in [0.15, 0.2) is 36.5 Å². The molecule has 1 heterocycles. The summed E-state index contributed by atoms with van der Waals surface area (Å²) in [5.41, 5.74) is 6.27. The number of nitrogen functional groups attached to an aromatic ring is 1. The van der Waals surface area contributed by atoms with E-state index >= 15 is 0 Å². The molecule has 0 fully saturated rings. The summed E-state index contributed by atoms with van der Waals surface area (Å²) < 4.78 is 6.16. The van der Waals surface area contributed by atoms with Crippen molar-refractivity contribution in [1.29, 1.82) is 0 Å². The van der Waals surface area contributed by atoms with Crippen LogP contribution >= 0.6 is 22.6 Å². The molecule has 15 heavy (non-hydrogen) atoms. The third-order valence-electron chi connectivity index (χ3n) is 1.70. The fourth-order valence-corrected chi connectivity index (χ4v) is 1.43. The highest BCUT2D eigenvalue weighted by Crippen LogP contribution is 2.20. The molecule has 1 aromatic carbocycles. The largest absolute Gasteiger partial charge is 0.439 e. The minimum atomic E-state index is 0.527. The average Bonchev–Trinajstić information content (AvgIpc) is 2.22. The van der Waals surface area contributed by atoms with Crippen LogP contribution in [0.4, 0.5) is 5.69 Å². The Kier molecular flexibility index (Phi) is 3.00. The maximum atomic E-state index is 5.56. The zero-order valence-electron chi connectivity index (χ0n) is 7.72. The highest BCUT2D eigenvalue weighted by molar-refractivity contribution is 14.1. The number of aromatic nitrogens is 2. The summed E-state index contributed by atoms with van der Waals surface area (Å²) in [6.07, 6.45) is 1.65. The predicted octanol–water partition coefficient (Wildman–Crippen LogP) is 2.46. The molecule has 0 spiro atoms. The zero-order chi connectivity index (χ0) is 10.7. The first-order valence-corrected chi connectivity index (χ1v) is 5.34. The van der Waals surface area contributed by atoms with Gasteiger partial charge in [0.15, 0.2) is 3.83 Å². The second-order valence-electron chi connectivity index (χ2n) is 2.84. The minimum Gasteiger partial charge on any atom is -0.439 e. The van der Waals surface area contributed by atoms with E-state index in [0.29, 0.717) is 21.1 Å². The van der Waals surface area contributed by atoms with Gasteiger partial charge in [-0.15, -0.1) is 0 Å². The molecule has 0 atom stereocenters. The van der Waals surface area contributed by atoms with Crippen LogP contribution in [0.1, 0.15) is 0 Å². The minimum absolute atomic E-state index is 0.527. The van der Waals surface area contributed by atoms with Crippen molar-refractivity contribution in [3.8, 4) is 11.6 Å². The molecule has 0 aliphatic carbocycles. The Morgan fingerprint density at radius 1 is 1.13 bits per heavy atom. The van der Waals surface area contributed by atoms with Crippen molar-refractivity contribution >= 4 is 28.3 Å². The lowest BCUT2D eigenvalue weighted by Gasteiger charge is -2.04. The molecule has 4 nitrogen and oxygen atoms in total. The van der Waals surface area contributed by atoms with Crippen LogP contribution in [0.5, 0.6) is 11.6 Å². The van der Waals surface area contributed by atoms with Gasteiger partial charge in [0.25, 0.3) is 0 Å². The van der Waals surface area contributed by atoms with Crippen LogP contribution in [0.3, 0.4) is 0 Å². The van der Waals surface area contributed by atoms with E-state index in [1.165, 1.54) is 0 Å². The molecule has 76 valence electrons. The molecule has 1 aromatic heterocycles. The summed E-state index contributed by atoms with van der Waals surface area (Å²) in [7, 11) is 0. The van der Waals surface area contributed by atoms with Crippen LogP contribution in [0.2, 0.25) is 0 Å². The normalized spacial score (nSPS) is 9.93. The van der Waals surface area contributed by atoms with Gasteiger partial charge < -0.3 is 10.5 Å². The van der Waals surface area contributed by atoms with E-state index in [0.717, 1.165) is 0 Å². The van der Waals surface area contributed by atoms with E-state index in [9.17, 15) is 0 Å². The van der Waals surface area contributed by atoms with Crippen molar-refractivity contribution in [3.05, 3.63) is 40.4 Å². The van der Waals surface area contributed by atoms with Crippen molar-refractivity contribution in [1.82, 2.24) is 9.97 Å². The molecule has 0 aliphatic rings. The quantitative estimate of drug-likeness (QED) is 0.525. The first-order valence-electron chi connectivity index (χ1n) is 4.26. The number of hydrogen-bond donors (Lipinski definition) is 1. The number of ether oxygens (including phenoxy) is 1. The number of nitrogens with two attached hydrogens (primary N) is 1. The van der Waals surface area contributed by atoms with E-state index in [4.69, 9.17) is 10.5 Å². The molecule has 0 unspecified atom stereocenters. The lowest BCUT2D eigenvalue weighted by atomic mass is 10.3. The second kappa shape index (κ2) is 4.43. The van der Waals surface area contributed by atoms with Crippen LogP contribution in [-0.2, 0) is 0 Å². The van der Waals surface area contributed by atoms with Crippen molar-refractivity contribution in [3.63, 3.8) is 0 Å². The Labute approximate surface area is 101 Å². The first-order chi connectivity index (χ1) is 7.24. The smallest absolute Gasteiger partial charge is 0.223 e. The topological polar surface area (TPSA) is 61.0 Å². The molecule has 2 N–H and O–H groups in total. The van der Waals surface area contributed by atoms with Gasteiger partial charge in [-0.3, -0.25) is 0 Å². The van der Waals surface area contributed by atoms with E-state index in [1.807, 2.05) is 22.6 Å². The van der Waals surface area contributed by atoms with Gasteiger partial charge in [0.2, 0.25) is 5.88 Å². The number of rotatable bonds is 2. The first kappa shape index (κ1) is 10.2. The summed E-state index contributed by atoms with van der Waals surface area (Å²) in [6.45, 7) is 0. The van der Waals surface area contributed by atoms with Gasteiger partial charge in [0, 0.05) is 40.5 Å². The highest BCUT2D eigenvalue weighted by Gasteiger charge is 1.99. The number of halogens is 1. The number of benzene rings is 1. The Balaban J connectivity index is 2.18. The number of anilines is 1. The van der Waals surface area contributed by atoms with Crippen molar-refractivity contribution < 1.29 is 4.74 Å². The van der Waals surface area contributed by atoms with Crippen molar-refractivity contribution in [2.75, 3.05) is 5.73 Å². The van der Waals surface area contributed by atoms with Crippen molar-refractivity contribution in [2.24, 2.45) is 0 Å². The van der Waals surface area contributed by atoms with Gasteiger partial charge in [-0.05, 0) is 24.3 Å². The zero-order valence-corrected chi connectivity index (χ0v) is 9.88. The summed E-state index contributed by atoms with van der Waals surface area (Å²) in [6, 6.07) is 8.86. The Morgan fingerprint density at radius 2 is 1.87 bits per heavy atom. The van der Waals surface area contributed by atoms with Gasteiger partial charge in [-0.2, -0.15) is 4.98 Å². The molecule has 0 aliphatic heterocycles. The molecule has 0 bridgehead atoms. The van der Waals surface area contributed by atoms with Gasteiger partial charge in [0.05, 0.1) is 0 Å². The average molecular weight is 313 g/mol. The van der Waals surface area contributed by atoms with Gasteiger partial charge in [-0.25, -0.2) is 4.98 Å². The molecule has 0 saturated carbocycles. The summed E-state index contributed by atoms with van der Waals surface area (Å²) in [5, 5.41) is 0. The lowest BCUT2D eigenvalue weighted by molar-refractivity contribution is 0.460. The van der Waals surface area contributed by atoms with E-state index in [1.54, 1.807) is 36.5 Å². The van der Waals surface area contributed by atoms with Crippen LogP contribution in [0.25, 0.3) is 0 Å². The molecule has 5 heteroatoms. The molecule has 2 aromatic rings. The molecule has 0 radical (unpaired) electrons. The SMILES string of the molecule is Nc1ccc(Oc2ccnc(I)n2)cc1. The fourth-order valence-electron chi connectivity index (χ4n) is 1.03. The third kappa shape index (κ3) is 2.79. The third-order valence-corrected chi connectivity index (χ3v) is 2.22. The Morgan fingerprint density at radius 3 is 2.53 bits per heavy atom. The van der Waals surface area contributed by atoms with Crippen molar-refractivity contribution in [2.45, 2.75) is 0 Å². The predicted molar refractivity (Wildman–Crippen MR) is 65.7 cm³/mol. The van der Waals surface area contributed by atoms with Crippen LogP contribution < -0.4 is 10.5 Å². The number of nitrogens with zero attached hydrogens (tertiary/aromatic N) is 2. The molecule has 2 rings (SSSR count). The Bertz CT molecular complexity index is 458. The Hall–Kier alpha value is -1.37. The lowest BCUT2D eigenvalue weighted by Crippen LogP contribution is -1.92. The summed E-state index contributed by atoms with van der Waals surface area (Å²) >= 11 is 2.03.